The van der Waals surface area contributed by atoms with Gasteiger partial charge >= 0.3 is 0 Å². The van der Waals surface area contributed by atoms with Gasteiger partial charge in [0.05, 0.1) is 0 Å². The standard InChI is InChI=1S/C26H20N2/c27-28-20-16-14-19(15-17-20)25(18-8-2-1-3-9-18)26-23-12-6-4-10-21(23)22-11-5-7-13-24(22)26/h1-17,28H,27H2. The van der Waals surface area contributed by atoms with E-state index in [1.54, 1.807) is 0 Å². The van der Waals surface area contributed by atoms with Crippen molar-refractivity contribution >= 4 is 16.8 Å². The van der Waals surface area contributed by atoms with Crippen LogP contribution in [-0.4, -0.2) is 0 Å². The van der Waals surface area contributed by atoms with Gasteiger partial charge in [-0.2, -0.15) is 0 Å². The van der Waals surface area contributed by atoms with E-state index in [4.69, 9.17) is 5.84 Å². The first-order valence-corrected chi connectivity index (χ1v) is 9.43. The molecule has 0 amide bonds. The van der Waals surface area contributed by atoms with Crippen LogP contribution in [-0.2, 0) is 0 Å². The second-order valence-corrected chi connectivity index (χ2v) is 6.93. The Bertz CT molecular complexity index is 1120. The van der Waals surface area contributed by atoms with Gasteiger partial charge in [-0.1, -0.05) is 91.0 Å². The monoisotopic (exact) mass is 360 g/mol. The van der Waals surface area contributed by atoms with E-state index in [1.165, 1.54) is 44.5 Å². The highest BCUT2D eigenvalue weighted by Crippen LogP contribution is 2.48. The van der Waals surface area contributed by atoms with Crippen LogP contribution in [0.3, 0.4) is 0 Å². The molecule has 0 heterocycles. The van der Waals surface area contributed by atoms with Gasteiger partial charge in [-0.15, -0.1) is 0 Å². The lowest BCUT2D eigenvalue weighted by Crippen LogP contribution is -2.06. The summed E-state index contributed by atoms with van der Waals surface area (Å²) >= 11 is 0. The fraction of sp³-hybridized carbons (Fsp3) is 0. The molecule has 28 heavy (non-hydrogen) atoms. The van der Waals surface area contributed by atoms with Crippen molar-refractivity contribution in [1.29, 1.82) is 0 Å². The minimum atomic E-state index is 0.897. The van der Waals surface area contributed by atoms with Gasteiger partial charge in [-0.3, -0.25) is 5.84 Å². The maximum absolute atomic E-state index is 5.57. The van der Waals surface area contributed by atoms with Crippen LogP contribution < -0.4 is 11.3 Å². The van der Waals surface area contributed by atoms with E-state index in [9.17, 15) is 0 Å². The van der Waals surface area contributed by atoms with Crippen LogP contribution in [0.2, 0.25) is 0 Å². The molecule has 4 aromatic rings. The molecule has 0 radical (unpaired) electrons. The van der Waals surface area contributed by atoms with Gasteiger partial charge in [0.25, 0.3) is 0 Å². The molecule has 4 aromatic carbocycles. The Morgan fingerprint density at radius 2 is 0.964 bits per heavy atom. The van der Waals surface area contributed by atoms with Gasteiger partial charge in [0.2, 0.25) is 0 Å². The minimum absolute atomic E-state index is 0.897. The average molecular weight is 360 g/mol. The second kappa shape index (κ2) is 6.84. The van der Waals surface area contributed by atoms with E-state index in [1.807, 2.05) is 12.1 Å². The molecule has 0 aliphatic heterocycles. The van der Waals surface area contributed by atoms with Gasteiger partial charge < -0.3 is 5.43 Å². The smallest absolute Gasteiger partial charge is 0.0485 e. The van der Waals surface area contributed by atoms with Gasteiger partial charge in [-0.25, -0.2) is 0 Å². The summed E-state index contributed by atoms with van der Waals surface area (Å²) in [7, 11) is 0. The SMILES string of the molecule is NNc1ccc(C(=C2c3ccccc3-c3ccccc32)c2ccccc2)cc1. The fourth-order valence-corrected chi connectivity index (χ4v) is 4.08. The number of nitrogens with two attached hydrogens (primary N) is 1. The summed E-state index contributed by atoms with van der Waals surface area (Å²) < 4.78 is 0. The zero-order valence-electron chi connectivity index (χ0n) is 15.4. The third-order valence-electron chi connectivity index (χ3n) is 5.34. The Balaban J connectivity index is 1.87. The summed E-state index contributed by atoms with van der Waals surface area (Å²) in [5.74, 6) is 5.57. The lowest BCUT2D eigenvalue weighted by molar-refractivity contribution is 1.35. The molecule has 0 saturated carbocycles. The number of hydrogen-bond donors (Lipinski definition) is 2. The molecule has 134 valence electrons. The maximum Gasteiger partial charge on any atom is 0.0485 e. The molecular weight excluding hydrogens is 340 g/mol. The van der Waals surface area contributed by atoms with Crippen LogP contribution in [0.5, 0.6) is 0 Å². The fourth-order valence-electron chi connectivity index (χ4n) is 4.08. The number of nitrogens with one attached hydrogen (secondary N) is 1. The molecule has 1 aliphatic carbocycles. The Kier molecular flexibility index (Phi) is 4.04. The summed E-state index contributed by atoms with van der Waals surface area (Å²) in [5, 5.41) is 0. The molecule has 0 bridgehead atoms. The van der Waals surface area contributed by atoms with Crippen LogP contribution in [0.4, 0.5) is 5.69 Å². The summed E-state index contributed by atoms with van der Waals surface area (Å²) in [6.45, 7) is 0. The number of nitrogen functional groups attached to an aromatic ring is 1. The van der Waals surface area contributed by atoms with E-state index < -0.39 is 0 Å². The third kappa shape index (κ3) is 2.63. The molecular formula is C26H20N2. The van der Waals surface area contributed by atoms with Gasteiger partial charge in [0.1, 0.15) is 0 Å². The molecule has 0 spiro atoms. The number of benzene rings is 4. The summed E-state index contributed by atoms with van der Waals surface area (Å²) in [6, 6.07) is 36.3. The zero-order valence-corrected chi connectivity index (χ0v) is 15.4. The van der Waals surface area contributed by atoms with Gasteiger partial charge in [0, 0.05) is 5.69 Å². The highest BCUT2D eigenvalue weighted by molar-refractivity contribution is 6.13. The highest BCUT2D eigenvalue weighted by Gasteiger charge is 2.26. The summed E-state index contributed by atoms with van der Waals surface area (Å²) in [6.07, 6.45) is 0. The first-order chi connectivity index (χ1) is 13.9. The summed E-state index contributed by atoms with van der Waals surface area (Å²) in [5.41, 5.74) is 13.7. The van der Waals surface area contributed by atoms with Crippen molar-refractivity contribution in [2.24, 2.45) is 5.84 Å². The lowest BCUT2D eigenvalue weighted by atomic mass is 9.88. The van der Waals surface area contributed by atoms with Crippen molar-refractivity contribution in [2.75, 3.05) is 5.43 Å². The minimum Gasteiger partial charge on any atom is -0.324 e. The molecule has 1 aliphatic rings. The molecule has 0 atom stereocenters. The zero-order chi connectivity index (χ0) is 18.9. The molecule has 2 heteroatoms. The first-order valence-electron chi connectivity index (χ1n) is 9.43. The second-order valence-electron chi connectivity index (χ2n) is 6.93. The quantitative estimate of drug-likeness (QED) is 0.308. The molecule has 0 unspecified atom stereocenters. The Hall–Kier alpha value is -3.62. The summed E-state index contributed by atoms with van der Waals surface area (Å²) in [4.78, 5) is 0. The number of rotatable bonds is 3. The molecule has 0 fully saturated rings. The first kappa shape index (κ1) is 16.5. The predicted molar refractivity (Wildman–Crippen MR) is 118 cm³/mol. The lowest BCUT2D eigenvalue weighted by Gasteiger charge is -2.15. The van der Waals surface area contributed by atoms with E-state index >= 15 is 0 Å². The Morgan fingerprint density at radius 3 is 1.50 bits per heavy atom. The van der Waals surface area contributed by atoms with Crippen molar-refractivity contribution in [2.45, 2.75) is 0 Å². The van der Waals surface area contributed by atoms with E-state index in [2.05, 4.69) is 96.4 Å². The van der Waals surface area contributed by atoms with Crippen molar-refractivity contribution < 1.29 is 0 Å². The number of fused-ring (bicyclic) bond motifs is 3. The van der Waals surface area contributed by atoms with Crippen molar-refractivity contribution in [1.82, 2.24) is 0 Å². The average Bonchev–Trinajstić information content (AvgIpc) is 3.10. The highest BCUT2D eigenvalue weighted by atomic mass is 15.2. The molecule has 3 N–H and O–H groups in total. The van der Waals surface area contributed by atoms with E-state index in [0.717, 1.165) is 5.69 Å². The molecule has 5 rings (SSSR count). The largest absolute Gasteiger partial charge is 0.324 e. The number of hydrazine groups is 1. The van der Waals surface area contributed by atoms with E-state index in [0.29, 0.717) is 0 Å². The Morgan fingerprint density at radius 1 is 0.500 bits per heavy atom. The van der Waals surface area contributed by atoms with Crippen molar-refractivity contribution in [3.8, 4) is 11.1 Å². The predicted octanol–water partition coefficient (Wildman–Crippen LogP) is 5.96. The molecule has 0 saturated heterocycles. The molecule has 0 aromatic heterocycles. The van der Waals surface area contributed by atoms with Gasteiger partial charge in [0.15, 0.2) is 0 Å². The third-order valence-corrected chi connectivity index (χ3v) is 5.34. The van der Waals surface area contributed by atoms with Crippen LogP contribution in [0.15, 0.2) is 103 Å². The topological polar surface area (TPSA) is 38.0 Å². The van der Waals surface area contributed by atoms with Crippen LogP contribution in [0.1, 0.15) is 22.3 Å². The van der Waals surface area contributed by atoms with Crippen molar-refractivity contribution in [3.63, 3.8) is 0 Å². The van der Waals surface area contributed by atoms with Crippen molar-refractivity contribution in [3.05, 3.63) is 125 Å². The molecule has 2 nitrogen and oxygen atoms in total. The normalized spacial score (nSPS) is 11.7. The Labute approximate surface area is 164 Å². The van der Waals surface area contributed by atoms with Crippen LogP contribution in [0, 0.1) is 0 Å². The van der Waals surface area contributed by atoms with Crippen LogP contribution >= 0.6 is 0 Å². The van der Waals surface area contributed by atoms with E-state index in [-0.39, 0.29) is 0 Å². The number of anilines is 1. The number of hydrogen-bond acceptors (Lipinski definition) is 2. The van der Waals surface area contributed by atoms with Crippen LogP contribution in [0.25, 0.3) is 22.3 Å². The maximum atomic E-state index is 5.57. The van der Waals surface area contributed by atoms with Gasteiger partial charge in [-0.05, 0) is 56.7 Å².